The molecule has 93 heavy (non-hydrogen) atoms. The summed E-state index contributed by atoms with van der Waals surface area (Å²) in [6, 6.07) is -0.825. The molecule has 1 aliphatic heterocycles. The topological polar surface area (TPSA) is 175 Å². The highest BCUT2D eigenvalue weighted by molar-refractivity contribution is 5.76. The van der Waals surface area contributed by atoms with Gasteiger partial charge in [0.1, 0.15) is 24.4 Å². The molecule has 0 aromatic rings. The predicted octanol–water partition coefficient (Wildman–Crippen LogP) is 21.9. The van der Waals surface area contributed by atoms with Gasteiger partial charge in [-0.2, -0.15) is 0 Å². The Morgan fingerprint density at radius 1 is 0.398 bits per heavy atom. The molecule has 0 spiro atoms. The van der Waals surface area contributed by atoms with E-state index in [0.717, 1.165) is 57.8 Å². The van der Waals surface area contributed by atoms with Crippen LogP contribution in [0.25, 0.3) is 0 Å². The SMILES string of the molecule is CCCCCCCC/C=C/CC/C=C/C(O)C(COC1OC(CO)C(O)C(O)C1O)NC(=O)CCCCCCCCCCCCCCCCCCC/C=C\C/C=C\CCCCCCCCCCCCCCCCCOC(=O)CCCCCCCCCCCCCCCC. The van der Waals surface area contributed by atoms with Crippen molar-refractivity contribution in [3.63, 3.8) is 0 Å². The second kappa shape index (κ2) is 70.9. The molecule has 7 atom stereocenters. The third kappa shape index (κ3) is 59.4. The second-order valence-corrected chi connectivity index (χ2v) is 28.1. The average molecular weight is 1310 g/mol. The first-order chi connectivity index (χ1) is 45.7. The van der Waals surface area contributed by atoms with Crippen molar-refractivity contribution in [1.82, 2.24) is 5.32 Å². The van der Waals surface area contributed by atoms with Crippen LogP contribution >= 0.6 is 0 Å². The number of amides is 1. The first-order valence-electron chi connectivity index (χ1n) is 40.4. The lowest BCUT2D eigenvalue weighted by atomic mass is 9.99. The lowest BCUT2D eigenvalue weighted by molar-refractivity contribution is -0.302. The molecule has 6 N–H and O–H groups in total. The molecular formula is C82H153NO10. The van der Waals surface area contributed by atoms with Gasteiger partial charge in [-0.1, -0.05) is 358 Å². The molecule has 0 aromatic heterocycles. The van der Waals surface area contributed by atoms with Gasteiger partial charge in [-0.3, -0.25) is 9.59 Å². The van der Waals surface area contributed by atoms with Crippen LogP contribution in [0.15, 0.2) is 48.6 Å². The summed E-state index contributed by atoms with van der Waals surface area (Å²) in [5, 5.41) is 54.5. The fourth-order valence-electron chi connectivity index (χ4n) is 12.8. The van der Waals surface area contributed by atoms with Gasteiger partial charge in [0.15, 0.2) is 6.29 Å². The Bertz CT molecular complexity index is 1690. The third-order valence-corrected chi connectivity index (χ3v) is 19.2. The Kier molecular flexibility index (Phi) is 67.6. The molecule has 0 saturated carbocycles. The van der Waals surface area contributed by atoms with Gasteiger partial charge in [-0.25, -0.2) is 0 Å². The zero-order chi connectivity index (χ0) is 67.2. The number of carbonyl (C=O) groups excluding carboxylic acids is 2. The number of hydrogen-bond acceptors (Lipinski definition) is 10. The van der Waals surface area contributed by atoms with Crippen LogP contribution in [0.2, 0.25) is 0 Å². The van der Waals surface area contributed by atoms with Crippen LogP contribution in [0.3, 0.4) is 0 Å². The number of carbonyl (C=O) groups is 2. The summed E-state index contributed by atoms with van der Waals surface area (Å²) in [5.41, 5.74) is 0. The summed E-state index contributed by atoms with van der Waals surface area (Å²) in [6.45, 7) is 4.36. The molecule has 546 valence electrons. The molecule has 1 saturated heterocycles. The fraction of sp³-hybridized carbons (Fsp3) is 0.878. The summed E-state index contributed by atoms with van der Waals surface area (Å²) in [4.78, 5) is 25.2. The van der Waals surface area contributed by atoms with Crippen LogP contribution in [-0.2, 0) is 23.8 Å². The Hall–Kier alpha value is -2.38. The number of aliphatic hydroxyl groups excluding tert-OH is 5. The average Bonchev–Trinajstić information content (AvgIpc) is 2.25. The molecule has 0 radical (unpaired) electrons. The summed E-state index contributed by atoms with van der Waals surface area (Å²) in [6.07, 6.45) is 84.4. The minimum atomic E-state index is -1.58. The summed E-state index contributed by atoms with van der Waals surface area (Å²) < 4.78 is 16.8. The van der Waals surface area contributed by atoms with Crippen molar-refractivity contribution in [2.24, 2.45) is 0 Å². The zero-order valence-electron chi connectivity index (χ0n) is 61.0. The van der Waals surface area contributed by atoms with E-state index in [-0.39, 0.29) is 18.5 Å². The quantitative estimate of drug-likeness (QED) is 0.0195. The van der Waals surface area contributed by atoms with Gasteiger partial charge in [-0.15, -0.1) is 0 Å². The Morgan fingerprint density at radius 2 is 0.731 bits per heavy atom. The molecule has 1 fully saturated rings. The molecule has 0 aliphatic carbocycles. The minimum absolute atomic E-state index is 0.0172. The summed E-state index contributed by atoms with van der Waals surface area (Å²) in [5.74, 6) is -0.171. The van der Waals surface area contributed by atoms with Gasteiger partial charge >= 0.3 is 5.97 Å². The van der Waals surface area contributed by atoms with E-state index in [0.29, 0.717) is 19.4 Å². The van der Waals surface area contributed by atoms with E-state index >= 15 is 0 Å². The van der Waals surface area contributed by atoms with E-state index in [1.54, 1.807) is 6.08 Å². The lowest BCUT2D eigenvalue weighted by Gasteiger charge is -2.40. The summed E-state index contributed by atoms with van der Waals surface area (Å²) >= 11 is 0. The van der Waals surface area contributed by atoms with E-state index < -0.39 is 49.5 Å². The van der Waals surface area contributed by atoms with Gasteiger partial charge in [-0.05, 0) is 77.0 Å². The van der Waals surface area contributed by atoms with Crippen LogP contribution in [0.1, 0.15) is 399 Å². The summed E-state index contributed by atoms with van der Waals surface area (Å²) in [7, 11) is 0. The molecule has 0 aromatic carbocycles. The zero-order valence-corrected chi connectivity index (χ0v) is 61.0. The van der Waals surface area contributed by atoms with Crippen molar-refractivity contribution in [2.75, 3.05) is 19.8 Å². The van der Waals surface area contributed by atoms with E-state index in [9.17, 15) is 35.1 Å². The number of unbranched alkanes of at least 4 members (excludes halogenated alkanes) is 52. The maximum atomic E-state index is 13.1. The van der Waals surface area contributed by atoms with Crippen LogP contribution in [-0.4, -0.2) is 100 Å². The highest BCUT2D eigenvalue weighted by Gasteiger charge is 2.44. The van der Waals surface area contributed by atoms with E-state index in [1.165, 1.54) is 315 Å². The molecule has 1 rings (SSSR count). The fourth-order valence-corrected chi connectivity index (χ4v) is 12.8. The van der Waals surface area contributed by atoms with Crippen molar-refractivity contribution < 1.29 is 49.3 Å². The van der Waals surface area contributed by atoms with Crippen LogP contribution in [0, 0.1) is 0 Å². The van der Waals surface area contributed by atoms with Crippen molar-refractivity contribution in [3.8, 4) is 0 Å². The van der Waals surface area contributed by atoms with Gasteiger partial charge in [0.2, 0.25) is 5.91 Å². The molecule has 7 unspecified atom stereocenters. The van der Waals surface area contributed by atoms with E-state index in [1.807, 2.05) is 6.08 Å². The maximum Gasteiger partial charge on any atom is 0.305 e. The number of aliphatic hydroxyl groups is 5. The van der Waals surface area contributed by atoms with E-state index in [2.05, 4.69) is 55.6 Å². The highest BCUT2D eigenvalue weighted by Crippen LogP contribution is 2.24. The van der Waals surface area contributed by atoms with Crippen molar-refractivity contribution >= 4 is 11.9 Å². The molecule has 1 amide bonds. The first kappa shape index (κ1) is 88.6. The number of allylic oxidation sites excluding steroid dienone is 7. The molecule has 1 aliphatic rings. The van der Waals surface area contributed by atoms with E-state index in [4.69, 9.17) is 14.2 Å². The van der Waals surface area contributed by atoms with Gasteiger partial charge in [0.05, 0.1) is 32.0 Å². The van der Waals surface area contributed by atoms with Gasteiger partial charge in [0.25, 0.3) is 0 Å². The standard InChI is InChI=1S/C82H153NO10/c1-3-5-7-9-11-13-15-17-46-50-54-58-62-66-70-78(87)91-71-67-63-59-55-51-47-44-42-40-38-36-34-32-30-28-26-24-22-20-18-19-21-23-25-27-29-31-33-35-37-39-41-43-45-49-53-57-61-65-69-77(86)83-74(73-92-82-81(90)80(89)79(88)76(72-84)93-82)75(85)68-64-60-56-52-48-16-14-12-10-8-6-4-2/h18-19,22,24,48,52,64,68,74-76,79-82,84-85,88-90H,3-17,20-21,23,25-47,49-51,53-63,65-67,69-73H2,1-2H3,(H,83,86)/b19-18-,24-22-,52-48+,68-64+. The molecular weight excluding hydrogens is 1160 g/mol. The molecule has 11 nitrogen and oxygen atoms in total. The normalized spacial score (nSPS) is 17.7. The Morgan fingerprint density at radius 3 is 1.13 bits per heavy atom. The Balaban J connectivity index is 1.90. The van der Waals surface area contributed by atoms with Gasteiger partial charge < -0.3 is 45.1 Å². The number of ether oxygens (including phenoxy) is 3. The number of nitrogens with one attached hydrogen (secondary N) is 1. The second-order valence-electron chi connectivity index (χ2n) is 28.1. The molecule has 11 heteroatoms. The van der Waals surface area contributed by atoms with Crippen LogP contribution < -0.4 is 5.32 Å². The first-order valence-corrected chi connectivity index (χ1v) is 40.4. The lowest BCUT2D eigenvalue weighted by Crippen LogP contribution is -2.60. The minimum Gasteiger partial charge on any atom is -0.466 e. The van der Waals surface area contributed by atoms with Crippen molar-refractivity contribution in [1.29, 1.82) is 0 Å². The maximum absolute atomic E-state index is 13.1. The smallest absolute Gasteiger partial charge is 0.305 e. The monoisotopic (exact) mass is 1310 g/mol. The predicted molar refractivity (Wildman–Crippen MR) is 394 cm³/mol. The highest BCUT2D eigenvalue weighted by atomic mass is 16.7. The van der Waals surface area contributed by atoms with Crippen LogP contribution in [0.4, 0.5) is 0 Å². The molecule has 1 heterocycles. The van der Waals surface area contributed by atoms with Crippen molar-refractivity contribution in [3.05, 3.63) is 48.6 Å². The number of rotatable bonds is 72. The van der Waals surface area contributed by atoms with Gasteiger partial charge in [0, 0.05) is 12.8 Å². The largest absolute Gasteiger partial charge is 0.466 e. The molecule has 0 bridgehead atoms. The third-order valence-electron chi connectivity index (χ3n) is 19.2. The van der Waals surface area contributed by atoms with Crippen molar-refractivity contribution in [2.45, 2.75) is 442 Å². The Labute approximate surface area is 574 Å². The van der Waals surface area contributed by atoms with Crippen LogP contribution in [0.5, 0.6) is 0 Å². The number of hydrogen-bond donors (Lipinski definition) is 6. The number of esters is 1.